The van der Waals surface area contributed by atoms with Crippen LogP contribution >= 0.6 is 0 Å². The van der Waals surface area contributed by atoms with Crippen molar-refractivity contribution in [2.24, 2.45) is 5.73 Å². The maximum atomic E-state index is 6.05. The van der Waals surface area contributed by atoms with Gasteiger partial charge in [-0.3, -0.25) is 0 Å². The van der Waals surface area contributed by atoms with Crippen molar-refractivity contribution in [3.05, 3.63) is 41.9 Å². The highest BCUT2D eigenvalue weighted by molar-refractivity contribution is 5.34. The van der Waals surface area contributed by atoms with E-state index in [0.29, 0.717) is 5.92 Å². The molecule has 4 heteroatoms. The smallest absolute Gasteiger partial charge is 0.156 e. The van der Waals surface area contributed by atoms with Crippen LogP contribution in [0.15, 0.2) is 30.6 Å². The summed E-state index contributed by atoms with van der Waals surface area (Å²) < 4.78 is 1.85. The van der Waals surface area contributed by atoms with Gasteiger partial charge >= 0.3 is 0 Å². The van der Waals surface area contributed by atoms with Gasteiger partial charge in [0.25, 0.3) is 0 Å². The van der Waals surface area contributed by atoms with Crippen molar-refractivity contribution in [2.45, 2.75) is 45.6 Å². The summed E-state index contributed by atoms with van der Waals surface area (Å²) in [5, 5.41) is 4.59. The minimum atomic E-state index is 0.170. The molecular formula is C15H22N4. The third-order valence-corrected chi connectivity index (χ3v) is 3.29. The number of hydrogen-bond donors (Lipinski definition) is 1. The normalized spacial score (nSPS) is 12.9. The number of nitrogens with zero attached hydrogens (tertiary/aromatic N) is 3. The zero-order valence-electron chi connectivity index (χ0n) is 11.9. The zero-order chi connectivity index (χ0) is 13.8. The second-order valence-electron chi connectivity index (χ2n) is 5.20. The minimum Gasteiger partial charge on any atom is -0.327 e. The van der Waals surface area contributed by atoms with Crippen LogP contribution in [0.3, 0.4) is 0 Å². The fraction of sp³-hybridized carbons (Fsp3) is 0.467. The Morgan fingerprint density at radius 3 is 2.74 bits per heavy atom. The van der Waals surface area contributed by atoms with Crippen LogP contribution in [0.25, 0.3) is 5.82 Å². The molecule has 2 rings (SSSR count). The Morgan fingerprint density at radius 1 is 1.32 bits per heavy atom. The van der Waals surface area contributed by atoms with E-state index in [-0.39, 0.29) is 6.04 Å². The molecule has 0 radical (unpaired) electrons. The van der Waals surface area contributed by atoms with E-state index < -0.39 is 0 Å². The molecule has 0 bridgehead atoms. The molecule has 0 spiro atoms. The molecule has 19 heavy (non-hydrogen) atoms. The standard InChI is InChI=1S/C15H22N4/c1-4-13(16)10-12-6-5-8-17-15(12)19-9-7-14(18-19)11(2)3/h5-9,11,13H,4,10,16H2,1-3H3. The number of aromatic nitrogens is 3. The first-order chi connectivity index (χ1) is 9.11. The lowest BCUT2D eigenvalue weighted by Gasteiger charge is -2.12. The summed E-state index contributed by atoms with van der Waals surface area (Å²) in [5.41, 5.74) is 8.28. The third-order valence-electron chi connectivity index (χ3n) is 3.29. The third kappa shape index (κ3) is 3.20. The van der Waals surface area contributed by atoms with Gasteiger partial charge in [-0.1, -0.05) is 26.8 Å². The highest BCUT2D eigenvalue weighted by Crippen LogP contribution is 2.16. The summed E-state index contributed by atoms with van der Waals surface area (Å²) in [6.07, 6.45) is 5.56. The van der Waals surface area contributed by atoms with Crippen LogP contribution in [0.2, 0.25) is 0 Å². The Kier molecular flexibility index (Phi) is 4.32. The first-order valence-electron chi connectivity index (χ1n) is 6.87. The van der Waals surface area contributed by atoms with E-state index in [4.69, 9.17) is 5.73 Å². The molecule has 4 nitrogen and oxygen atoms in total. The summed E-state index contributed by atoms with van der Waals surface area (Å²) in [4.78, 5) is 4.45. The molecule has 2 N–H and O–H groups in total. The Hall–Kier alpha value is -1.68. The average molecular weight is 258 g/mol. The minimum absolute atomic E-state index is 0.170. The quantitative estimate of drug-likeness (QED) is 0.897. The van der Waals surface area contributed by atoms with E-state index in [9.17, 15) is 0 Å². The maximum absolute atomic E-state index is 6.05. The van der Waals surface area contributed by atoms with Crippen LogP contribution in [0.4, 0.5) is 0 Å². The molecule has 0 aromatic carbocycles. The molecule has 0 aliphatic carbocycles. The first-order valence-corrected chi connectivity index (χ1v) is 6.87. The second-order valence-corrected chi connectivity index (χ2v) is 5.20. The van der Waals surface area contributed by atoms with Crippen LogP contribution in [0.1, 0.15) is 44.4 Å². The average Bonchev–Trinajstić information content (AvgIpc) is 2.89. The molecule has 1 atom stereocenters. The molecule has 2 heterocycles. The van der Waals surface area contributed by atoms with Crippen molar-refractivity contribution in [1.29, 1.82) is 0 Å². The maximum Gasteiger partial charge on any atom is 0.156 e. The van der Waals surface area contributed by atoms with E-state index in [2.05, 4.69) is 36.9 Å². The lowest BCUT2D eigenvalue weighted by atomic mass is 10.1. The summed E-state index contributed by atoms with van der Waals surface area (Å²) in [7, 11) is 0. The molecule has 1 unspecified atom stereocenters. The van der Waals surface area contributed by atoms with Crippen molar-refractivity contribution in [1.82, 2.24) is 14.8 Å². The van der Waals surface area contributed by atoms with Gasteiger partial charge in [0.15, 0.2) is 5.82 Å². The van der Waals surface area contributed by atoms with Crippen molar-refractivity contribution in [3.8, 4) is 5.82 Å². The molecule has 2 aromatic heterocycles. The molecule has 0 saturated heterocycles. The fourth-order valence-electron chi connectivity index (χ4n) is 1.99. The number of nitrogens with two attached hydrogens (primary N) is 1. The van der Waals surface area contributed by atoms with Crippen molar-refractivity contribution in [2.75, 3.05) is 0 Å². The Balaban J connectivity index is 2.32. The van der Waals surface area contributed by atoms with E-state index in [0.717, 1.165) is 29.9 Å². The molecule has 0 amide bonds. The topological polar surface area (TPSA) is 56.7 Å². The second kappa shape index (κ2) is 5.97. The SMILES string of the molecule is CCC(N)Cc1cccnc1-n1ccc(C(C)C)n1. The van der Waals surface area contributed by atoms with Crippen molar-refractivity contribution >= 4 is 0 Å². The fourth-order valence-corrected chi connectivity index (χ4v) is 1.99. The lowest BCUT2D eigenvalue weighted by molar-refractivity contribution is 0.638. The molecule has 102 valence electrons. The van der Waals surface area contributed by atoms with Crippen LogP contribution in [-0.4, -0.2) is 20.8 Å². The highest BCUT2D eigenvalue weighted by Gasteiger charge is 2.11. The van der Waals surface area contributed by atoms with E-state index in [1.807, 2.05) is 23.0 Å². The number of pyridine rings is 1. The Morgan fingerprint density at radius 2 is 2.11 bits per heavy atom. The molecule has 0 aliphatic rings. The monoisotopic (exact) mass is 258 g/mol. The van der Waals surface area contributed by atoms with Crippen LogP contribution in [0.5, 0.6) is 0 Å². The van der Waals surface area contributed by atoms with Gasteiger partial charge < -0.3 is 5.73 Å². The van der Waals surface area contributed by atoms with Crippen LogP contribution < -0.4 is 5.73 Å². The summed E-state index contributed by atoms with van der Waals surface area (Å²) >= 11 is 0. The summed E-state index contributed by atoms with van der Waals surface area (Å²) in [6.45, 7) is 6.38. The Labute approximate surface area is 114 Å². The number of rotatable bonds is 5. The van der Waals surface area contributed by atoms with E-state index in [1.54, 1.807) is 6.20 Å². The van der Waals surface area contributed by atoms with Gasteiger partial charge in [-0.05, 0) is 36.5 Å². The number of hydrogen-bond acceptors (Lipinski definition) is 3. The van der Waals surface area contributed by atoms with Gasteiger partial charge in [0.1, 0.15) is 0 Å². The van der Waals surface area contributed by atoms with E-state index >= 15 is 0 Å². The van der Waals surface area contributed by atoms with Crippen LogP contribution in [-0.2, 0) is 6.42 Å². The van der Waals surface area contributed by atoms with Gasteiger partial charge in [0.05, 0.1) is 5.69 Å². The first kappa shape index (κ1) is 13.7. The summed E-state index contributed by atoms with van der Waals surface area (Å²) in [6, 6.07) is 6.24. The Bertz CT molecular complexity index is 530. The van der Waals surface area contributed by atoms with Crippen molar-refractivity contribution < 1.29 is 0 Å². The van der Waals surface area contributed by atoms with Gasteiger partial charge in [0.2, 0.25) is 0 Å². The van der Waals surface area contributed by atoms with Gasteiger partial charge in [0, 0.05) is 18.4 Å². The van der Waals surface area contributed by atoms with Gasteiger partial charge in [-0.25, -0.2) is 9.67 Å². The molecule has 0 saturated carbocycles. The van der Waals surface area contributed by atoms with Crippen molar-refractivity contribution in [3.63, 3.8) is 0 Å². The molecule has 2 aromatic rings. The highest BCUT2D eigenvalue weighted by atomic mass is 15.3. The van der Waals surface area contributed by atoms with E-state index in [1.165, 1.54) is 0 Å². The van der Waals surface area contributed by atoms with Crippen LogP contribution in [0, 0.1) is 0 Å². The molecular weight excluding hydrogens is 236 g/mol. The predicted octanol–water partition coefficient (Wildman–Crippen LogP) is 2.67. The molecule has 0 aliphatic heterocycles. The van der Waals surface area contributed by atoms with Gasteiger partial charge in [-0.15, -0.1) is 0 Å². The zero-order valence-corrected chi connectivity index (χ0v) is 11.9. The lowest BCUT2D eigenvalue weighted by Crippen LogP contribution is -2.22. The molecule has 0 fully saturated rings. The largest absolute Gasteiger partial charge is 0.327 e. The summed E-state index contributed by atoms with van der Waals surface area (Å²) in [5.74, 6) is 1.31. The van der Waals surface area contributed by atoms with Gasteiger partial charge in [-0.2, -0.15) is 5.10 Å². The predicted molar refractivity (Wildman–Crippen MR) is 77.4 cm³/mol.